The van der Waals surface area contributed by atoms with Crippen molar-refractivity contribution in [2.45, 2.75) is 76.5 Å². The van der Waals surface area contributed by atoms with Gasteiger partial charge < -0.3 is 25.0 Å². The molecule has 276 valence electrons. The van der Waals surface area contributed by atoms with Crippen LogP contribution in [0.5, 0.6) is 6.01 Å². The van der Waals surface area contributed by atoms with Crippen LogP contribution < -0.4 is 15.4 Å². The Labute approximate surface area is 297 Å². The molecule has 6 heterocycles. The Morgan fingerprint density at radius 3 is 2.73 bits per heavy atom. The van der Waals surface area contributed by atoms with Crippen LogP contribution in [0.4, 0.5) is 33.5 Å². The Kier molecular flexibility index (Phi) is 9.37. The number of nitrogens with zero attached hydrogens (tertiary/aromatic N) is 7. The van der Waals surface area contributed by atoms with Gasteiger partial charge in [-0.25, -0.2) is 8.78 Å². The summed E-state index contributed by atoms with van der Waals surface area (Å²) in [5.41, 5.74) is 5.17. The molecule has 0 radical (unpaired) electrons. The summed E-state index contributed by atoms with van der Waals surface area (Å²) in [6, 6.07) is 2.62. The molecule has 7 rings (SSSR count). The average molecular weight is 727 g/mol. The zero-order valence-corrected chi connectivity index (χ0v) is 29.1. The van der Waals surface area contributed by atoms with Gasteiger partial charge in [-0.3, -0.25) is 14.4 Å². The molecule has 4 aliphatic rings. The van der Waals surface area contributed by atoms with Crippen LogP contribution in [0, 0.1) is 17.7 Å². The van der Waals surface area contributed by atoms with Gasteiger partial charge in [0.1, 0.15) is 12.4 Å². The van der Waals surface area contributed by atoms with Crippen LogP contribution in [0.3, 0.4) is 0 Å². The minimum Gasteiger partial charge on any atom is -0.461 e. The Bertz CT molecular complexity index is 2000. The van der Waals surface area contributed by atoms with Gasteiger partial charge in [0.05, 0.1) is 53.8 Å². The number of hydrogen-bond donors (Lipinski definition) is 1. The fourth-order valence-electron chi connectivity index (χ4n) is 7.91. The number of nitrogens with two attached hydrogens (primary N) is 1. The maximum atomic E-state index is 15.7. The number of anilines is 2. The van der Waals surface area contributed by atoms with Gasteiger partial charge >= 0.3 is 12.2 Å². The number of carbonyl (C=O) groups is 1. The van der Waals surface area contributed by atoms with E-state index in [1.54, 1.807) is 24.8 Å². The predicted octanol–water partition coefficient (Wildman–Crippen LogP) is 5.18. The normalized spacial score (nSPS) is 22.3. The van der Waals surface area contributed by atoms with Gasteiger partial charge in [0.2, 0.25) is 0 Å². The molecular weight excluding hydrogens is 687 g/mol. The van der Waals surface area contributed by atoms with Crippen LogP contribution in [0.1, 0.15) is 82.8 Å². The average Bonchev–Trinajstić information content (AvgIpc) is 3.75. The SMILES string of the molecule is CC#Cc1cc(N)c(F)c([C@H]2Cc3nc(OC[C@@]45CCCN4C/C(=C\F)C5)nc(N4CCCn5nc(C(=O)N(C)C)cc5C4)c3CO2)c1C(F)(F)F. The molecule has 2 atom stereocenters. The highest BCUT2D eigenvalue weighted by Crippen LogP contribution is 2.45. The van der Waals surface area contributed by atoms with Crippen LogP contribution >= 0.6 is 0 Å². The summed E-state index contributed by atoms with van der Waals surface area (Å²) in [5.74, 6) is 3.87. The summed E-state index contributed by atoms with van der Waals surface area (Å²) >= 11 is 0. The lowest BCUT2D eigenvalue weighted by Crippen LogP contribution is -2.43. The highest BCUT2D eigenvalue weighted by Gasteiger charge is 2.47. The molecule has 3 aromatic rings. The first kappa shape index (κ1) is 35.6. The molecule has 0 aliphatic carbocycles. The maximum absolute atomic E-state index is 15.7. The van der Waals surface area contributed by atoms with Gasteiger partial charge in [-0.2, -0.15) is 28.2 Å². The number of alkyl halides is 3. The zero-order valence-electron chi connectivity index (χ0n) is 29.1. The third-order valence-corrected chi connectivity index (χ3v) is 10.3. The second kappa shape index (κ2) is 13.7. The van der Waals surface area contributed by atoms with Gasteiger partial charge in [-0.05, 0) is 56.9 Å². The van der Waals surface area contributed by atoms with Crippen LogP contribution in [-0.4, -0.2) is 81.3 Å². The first-order valence-electron chi connectivity index (χ1n) is 17.1. The molecule has 0 saturated carbocycles. The number of fused-ring (bicyclic) bond motifs is 3. The summed E-state index contributed by atoms with van der Waals surface area (Å²) in [6.45, 7) is 4.01. The van der Waals surface area contributed by atoms with Crippen LogP contribution in [0.25, 0.3) is 0 Å². The number of benzene rings is 1. The molecule has 16 heteroatoms. The highest BCUT2D eigenvalue weighted by molar-refractivity contribution is 5.92. The van der Waals surface area contributed by atoms with E-state index in [2.05, 4.69) is 21.8 Å². The van der Waals surface area contributed by atoms with E-state index >= 15 is 4.39 Å². The number of nitrogen functional groups attached to an aromatic ring is 1. The first-order chi connectivity index (χ1) is 24.8. The summed E-state index contributed by atoms with van der Waals surface area (Å²) in [6.07, 6.45) is -3.08. The standard InChI is InChI=1S/C36H39F5N8O3/c1-4-7-22-12-25(42)31(38)29(30(22)36(39,40)41)28-14-26-24(19-51-28)32(47-9-6-11-49-23(18-47)13-27(45-49)33(50)46(2)3)44-34(43-26)52-20-35-8-5-10-48(35)17-21(15-35)16-37/h12-13,16,28H,5-6,8-11,14-15,17-20,42H2,1-3H3/b21-16-/t28-,35+/m1/s1. The first-order valence-corrected chi connectivity index (χ1v) is 17.1. The lowest BCUT2D eigenvalue weighted by molar-refractivity contribution is -0.140. The van der Waals surface area contributed by atoms with E-state index in [0.29, 0.717) is 73.7 Å². The van der Waals surface area contributed by atoms with Gasteiger partial charge in [0.15, 0.2) is 11.5 Å². The monoisotopic (exact) mass is 726 g/mol. The molecule has 2 saturated heterocycles. The van der Waals surface area contributed by atoms with Gasteiger partial charge in [-0.1, -0.05) is 5.92 Å². The molecule has 2 fully saturated rings. The Morgan fingerprint density at radius 2 is 2.00 bits per heavy atom. The number of aryl methyl sites for hydroxylation is 1. The number of rotatable bonds is 6. The van der Waals surface area contributed by atoms with E-state index in [-0.39, 0.29) is 31.6 Å². The number of aromatic nitrogens is 4. The molecule has 1 amide bonds. The summed E-state index contributed by atoms with van der Waals surface area (Å²) in [7, 11) is 3.30. The molecule has 0 spiro atoms. The molecule has 2 aromatic heterocycles. The quantitative estimate of drug-likeness (QED) is 0.209. The Balaban J connectivity index is 1.28. The third kappa shape index (κ3) is 6.44. The van der Waals surface area contributed by atoms with Crippen molar-refractivity contribution in [2.24, 2.45) is 0 Å². The number of ether oxygens (including phenoxy) is 2. The van der Waals surface area contributed by atoms with Crippen LogP contribution in [-0.2, 0) is 37.0 Å². The van der Waals surface area contributed by atoms with Crippen molar-refractivity contribution >= 4 is 17.4 Å². The molecular formula is C36H39F5N8O3. The zero-order chi connectivity index (χ0) is 36.9. The molecule has 11 nitrogen and oxygen atoms in total. The lowest BCUT2D eigenvalue weighted by atomic mass is 9.91. The minimum atomic E-state index is -4.96. The molecule has 1 aromatic carbocycles. The Morgan fingerprint density at radius 1 is 1.19 bits per heavy atom. The van der Waals surface area contributed by atoms with E-state index in [1.807, 2.05) is 4.90 Å². The highest BCUT2D eigenvalue weighted by atomic mass is 19.4. The van der Waals surface area contributed by atoms with Crippen molar-refractivity contribution in [2.75, 3.05) is 51.0 Å². The number of carbonyl (C=O) groups excluding carboxylic acids is 1. The molecule has 4 aliphatic heterocycles. The fraction of sp³-hybridized carbons (Fsp3) is 0.500. The topological polar surface area (TPSA) is 115 Å². The molecule has 0 unspecified atom stereocenters. The largest absolute Gasteiger partial charge is 0.461 e. The summed E-state index contributed by atoms with van der Waals surface area (Å²) in [4.78, 5) is 27.9. The van der Waals surface area contributed by atoms with Crippen molar-refractivity contribution in [1.29, 1.82) is 0 Å². The molecule has 0 bridgehead atoms. The molecule has 52 heavy (non-hydrogen) atoms. The van der Waals surface area contributed by atoms with Crippen molar-refractivity contribution in [3.05, 3.63) is 69.2 Å². The van der Waals surface area contributed by atoms with Crippen molar-refractivity contribution in [1.82, 2.24) is 29.5 Å². The van der Waals surface area contributed by atoms with Gasteiger partial charge in [0.25, 0.3) is 5.91 Å². The van der Waals surface area contributed by atoms with Crippen molar-refractivity contribution in [3.63, 3.8) is 0 Å². The van der Waals surface area contributed by atoms with Crippen LogP contribution in [0.2, 0.25) is 0 Å². The minimum absolute atomic E-state index is 0.00355. The number of hydrogen-bond acceptors (Lipinski definition) is 9. The second-order valence-corrected chi connectivity index (χ2v) is 13.9. The van der Waals surface area contributed by atoms with Crippen LogP contribution in [0.15, 0.2) is 24.0 Å². The van der Waals surface area contributed by atoms with E-state index in [4.69, 9.17) is 25.2 Å². The van der Waals surface area contributed by atoms with E-state index < -0.39 is 46.0 Å². The third-order valence-electron chi connectivity index (χ3n) is 10.3. The van der Waals surface area contributed by atoms with E-state index in [0.717, 1.165) is 31.1 Å². The number of amides is 1. The summed E-state index contributed by atoms with van der Waals surface area (Å²) in [5, 5.41) is 4.52. The second-order valence-electron chi connectivity index (χ2n) is 13.9. The van der Waals surface area contributed by atoms with E-state index in [1.165, 1.54) is 11.8 Å². The smallest absolute Gasteiger partial charge is 0.418 e. The van der Waals surface area contributed by atoms with Gasteiger partial charge in [0, 0.05) is 56.8 Å². The predicted molar refractivity (Wildman–Crippen MR) is 180 cm³/mol. The molecule has 2 N–H and O–H groups in total. The fourth-order valence-corrected chi connectivity index (χ4v) is 7.91. The maximum Gasteiger partial charge on any atom is 0.418 e. The van der Waals surface area contributed by atoms with E-state index in [9.17, 15) is 22.4 Å². The Hall–Kier alpha value is -4.75. The van der Waals surface area contributed by atoms with Crippen molar-refractivity contribution < 1.29 is 36.2 Å². The summed E-state index contributed by atoms with van der Waals surface area (Å²) < 4.78 is 87.2. The number of halogens is 5. The van der Waals surface area contributed by atoms with Crippen molar-refractivity contribution in [3.8, 4) is 17.9 Å². The lowest BCUT2D eigenvalue weighted by Gasteiger charge is -2.33. The van der Waals surface area contributed by atoms with Gasteiger partial charge in [-0.15, -0.1) is 5.92 Å².